The maximum atomic E-state index is 11.9. The number of H-pyrrole nitrogens is 1. The van der Waals surface area contributed by atoms with Crippen LogP contribution >= 0.6 is 0 Å². The lowest BCUT2D eigenvalue weighted by Gasteiger charge is -2.15. The van der Waals surface area contributed by atoms with E-state index in [-0.39, 0.29) is 5.91 Å². The second-order valence-electron chi connectivity index (χ2n) is 3.28. The van der Waals surface area contributed by atoms with Crippen LogP contribution in [0.15, 0.2) is 30.6 Å². The van der Waals surface area contributed by atoms with Gasteiger partial charge in [0.05, 0.1) is 0 Å². The summed E-state index contributed by atoms with van der Waals surface area (Å²) in [6.45, 7) is 0. The first-order valence-electron chi connectivity index (χ1n) is 4.67. The number of carbonyl (C=O) groups excluding carboxylic acids is 1. The number of nitrogens with one attached hydrogen (secondary N) is 1. The molecule has 0 aliphatic carbocycles. The van der Waals surface area contributed by atoms with Crippen molar-refractivity contribution in [3.63, 3.8) is 0 Å². The Balaban J connectivity index is 2.23. The highest BCUT2D eigenvalue weighted by Crippen LogP contribution is 2.13. The molecule has 0 bridgehead atoms. The number of hydrogen-bond donors (Lipinski definition) is 2. The molecule has 0 spiro atoms. The number of aromatic nitrogens is 3. The average molecular weight is 217 g/mol. The Hall–Kier alpha value is -2.37. The van der Waals surface area contributed by atoms with Gasteiger partial charge in [-0.15, -0.1) is 0 Å². The van der Waals surface area contributed by atoms with Gasteiger partial charge in [-0.25, -0.2) is 0 Å². The Morgan fingerprint density at radius 3 is 2.69 bits per heavy atom. The topological polar surface area (TPSA) is 87.9 Å². The van der Waals surface area contributed by atoms with Gasteiger partial charge in [-0.05, 0) is 12.1 Å². The van der Waals surface area contributed by atoms with Crippen molar-refractivity contribution in [2.75, 3.05) is 17.7 Å². The van der Waals surface area contributed by atoms with Crippen LogP contribution in [0.5, 0.6) is 0 Å². The highest BCUT2D eigenvalue weighted by Gasteiger charge is 2.15. The number of hydrogen-bond acceptors (Lipinski definition) is 4. The number of carbonyl (C=O) groups is 1. The molecular formula is C10H11N5O. The molecule has 2 aromatic heterocycles. The fourth-order valence-corrected chi connectivity index (χ4v) is 1.31. The average Bonchev–Trinajstić information content (AvgIpc) is 2.75. The Labute approximate surface area is 92.1 Å². The van der Waals surface area contributed by atoms with E-state index in [1.807, 2.05) is 0 Å². The van der Waals surface area contributed by atoms with Gasteiger partial charge in [-0.2, -0.15) is 5.10 Å². The monoisotopic (exact) mass is 217 g/mol. The minimum Gasteiger partial charge on any atom is -0.382 e. The van der Waals surface area contributed by atoms with Crippen molar-refractivity contribution >= 4 is 17.4 Å². The number of amides is 1. The standard InChI is InChI=1S/C10H11N5O/c1-15(7-2-4-12-5-3-7)10(16)8-6-9(11)14-13-8/h2-6H,1H3,(H3,11,13,14). The number of nitrogen functional groups attached to an aromatic ring is 1. The minimum absolute atomic E-state index is 0.199. The first kappa shape index (κ1) is 10.2. The number of aromatic amines is 1. The second kappa shape index (κ2) is 4.01. The van der Waals surface area contributed by atoms with Crippen LogP contribution in [0.25, 0.3) is 0 Å². The summed E-state index contributed by atoms with van der Waals surface area (Å²) in [5.74, 6) is 0.0990. The van der Waals surface area contributed by atoms with E-state index in [9.17, 15) is 4.79 Å². The molecule has 0 atom stereocenters. The lowest BCUT2D eigenvalue weighted by Crippen LogP contribution is -2.26. The molecule has 0 saturated heterocycles. The summed E-state index contributed by atoms with van der Waals surface area (Å²) in [5.41, 5.74) is 6.55. The van der Waals surface area contributed by atoms with E-state index < -0.39 is 0 Å². The fraction of sp³-hybridized carbons (Fsp3) is 0.100. The Bertz CT molecular complexity index is 493. The molecule has 1 amide bonds. The maximum absolute atomic E-state index is 11.9. The number of nitrogens with two attached hydrogens (primary N) is 1. The molecule has 0 aliphatic heterocycles. The smallest absolute Gasteiger partial charge is 0.276 e. The number of anilines is 2. The van der Waals surface area contributed by atoms with Gasteiger partial charge in [0.25, 0.3) is 5.91 Å². The molecule has 2 rings (SSSR count). The first-order valence-corrected chi connectivity index (χ1v) is 4.67. The van der Waals surface area contributed by atoms with E-state index in [2.05, 4.69) is 15.2 Å². The summed E-state index contributed by atoms with van der Waals surface area (Å²) >= 11 is 0. The lowest BCUT2D eigenvalue weighted by atomic mass is 10.3. The van der Waals surface area contributed by atoms with E-state index in [1.54, 1.807) is 31.6 Å². The highest BCUT2D eigenvalue weighted by molar-refractivity contribution is 6.04. The number of nitrogens with zero attached hydrogens (tertiary/aromatic N) is 3. The van der Waals surface area contributed by atoms with Gasteiger partial charge in [0.15, 0.2) is 0 Å². The van der Waals surface area contributed by atoms with E-state index in [1.165, 1.54) is 11.0 Å². The third-order valence-corrected chi connectivity index (χ3v) is 2.18. The zero-order valence-corrected chi connectivity index (χ0v) is 8.71. The van der Waals surface area contributed by atoms with E-state index in [4.69, 9.17) is 5.73 Å². The molecule has 0 unspecified atom stereocenters. The zero-order chi connectivity index (χ0) is 11.5. The van der Waals surface area contributed by atoms with E-state index >= 15 is 0 Å². The molecule has 6 nitrogen and oxygen atoms in total. The van der Waals surface area contributed by atoms with Crippen LogP contribution in [-0.2, 0) is 0 Å². The maximum Gasteiger partial charge on any atom is 0.276 e. The van der Waals surface area contributed by atoms with Gasteiger partial charge in [0.2, 0.25) is 0 Å². The summed E-state index contributed by atoms with van der Waals surface area (Å²) in [5, 5.41) is 6.28. The van der Waals surface area contributed by atoms with Gasteiger partial charge < -0.3 is 10.6 Å². The molecule has 0 saturated carbocycles. The molecule has 6 heteroatoms. The van der Waals surface area contributed by atoms with Crippen molar-refractivity contribution in [3.8, 4) is 0 Å². The van der Waals surface area contributed by atoms with Crippen LogP contribution < -0.4 is 10.6 Å². The Morgan fingerprint density at radius 2 is 2.12 bits per heavy atom. The predicted molar refractivity (Wildman–Crippen MR) is 60.0 cm³/mol. The van der Waals surface area contributed by atoms with Gasteiger partial charge >= 0.3 is 0 Å². The first-order chi connectivity index (χ1) is 7.68. The van der Waals surface area contributed by atoms with Crippen LogP contribution in [0.1, 0.15) is 10.5 Å². The van der Waals surface area contributed by atoms with Crippen molar-refractivity contribution in [2.45, 2.75) is 0 Å². The molecule has 0 aliphatic rings. The molecule has 16 heavy (non-hydrogen) atoms. The third-order valence-electron chi connectivity index (χ3n) is 2.18. The van der Waals surface area contributed by atoms with Gasteiger partial charge in [0.1, 0.15) is 11.5 Å². The lowest BCUT2D eigenvalue weighted by molar-refractivity contribution is 0.0988. The predicted octanol–water partition coefficient (Wildman–Crippen LogP) is 0.663. The van der Waals surface area contributed by atoms with Crippen molar-refractivity contribution < 1.29 is 4.79 Å². The minimum atomic E-state index is -0.199. The molecule has 82 valence electrons. The quantitative estimate of drug-likeness (QED) is 0.773. The highest BCUT2D eigenvalue weighted by atomic mass is 16.2. The van der Waals surface area contributed by atoms with Gasteiger partial charge in [-0.3, -0.25) is 14.9 Å². The van der Waals surface area contributed by atoms with Crippen LogP contribution in [0.3, 0.4) is 0 Å². The summed E-state index contributed by atoms with van der Waals surface area (Å²) in [4.78, 5) is 17.3. The van der Waals surface area contributed by atoms with Crippen molar-refractivity contribution in [2.24, 2.45) is 0 Å². The molecular weight excluding hydrogens is 206 g/mol. The summed E-state index contributed by atoms with van der Waals surface area (Å²) in [6, 6.07) is 5.00. The third kappa shape index (κ3) is 1.85. The summed E-state index contributed by atoms with van der Waals surface area (Å²) < 4.78 is 0. The largest absolute Gasteiger partial charge is 0.382 e. The van der Waals surface area contributed by atoms with Gasteiger partial charge in [0, 0.05) is 31.2 Å². The molecule has 2 aromatic rings. The summed E-state index contributed by atoms with van der Waals surface area (Å²) in [7, 11) is 1.68. The van der Waals surface area contributed by atoms with Crippen LogP contribution in [0.2, 0.25) is 0 Å². The second-order valence-corrected chi connectivity index (χ2v) is 3.28. The number of rotatable bonds is 2. The fourth-order valence-electron chi connectivity index (χ4n) is 1.31. The molecule has 3 N–H and O–H groups in total. The SMILES string of the molecule is CN(C(=O)c1cc(N)n[nH]1)c1ccncc1. The van der Waals surface area contributed by atoms with Crippen LogP contribution in [-0.4, -0.2) is 28.1 Å². The van der Waals surface area contributed by atoms with E-state index in [0.29, 0.717) is 11.5 Å². The van der Waals surface area contributed by atoms with Crippen LogP contribution in [0.4, 0.5) is 11.5 Å². The zero-order valence-electron chi connectivity index (χ0n) is 8.71. The Kier molecular flexibility index (Phi) is 2.55. The van der Waals surface area contributed by atoms with Crippen LogP contribution in [0, 0.1) is 0 Å². The molecule has 0 aromatic carbocycles. The van der Waals surface area contributed by atoms with Crippen molar-refractivity contribution in [1.29, 1.82) is 0 Å². The Morgan fingerprint density at radius 1 is 1.44 bits per heavy atom. The number of pyridine rings is 1. The van der Waals surface area contributed by atoms with Crippen molar-refractivity contribution in [1.82, 2.24) is 15.2 Å². The molecule has 0 radical (unpaired) electrons. The van der Waals surface area contributed by atoms with Crippen molar-refractivity contribution in [3.05, 3.63) is 36.3 Å². The molecule has 0 fully saturated rings. The van der Waals surface area contributed by atoms with E-state index in [0.717, 1.165) is 5.69 Å². The molecule has 2 heterocycles. The normalized spacial score (nSPS) is 10.1. The summed E-state index contributed by atoms with van der Waals surface area (Å²) in [6.07, 6.45) is 3.25. The van der Waals surface area contributed by atoms with Gasteiger partial charge in [-0.1, -0.05) is 0 Å².